The van der Waals surface area contributed by atoms with E-state index in [1.54, 1.807) is 7.11 Å². The van der Waals surface area contributed by atoms with Gasteiger partial charge >= 0.3 is 0 Å². The highest BCUT2D eigenvalue weighted by atomic mass is 16.5. The van der Waals surface area contributed by atoms with Gasteiger partial charge < -0.3 is 14.4 Å². The van der Waals surface area contributed by atoms with Crippen molar-refractivity contribution in [3.63, 3.8) is 0 Å². The lowest BCUT2D eigenvalue weighted by molar-refractivity contribution is -0.138. The van der Waals surface area contributed by atoms with Crippen molar-refractivity contribution in [1.82, 2.24) is 4.90 Å². The highest BCUT2D eigenvalue weighted by molar-refractivity contribution is 5.77. The predicted octanol–water partition coefficient (Wildman–Crippen LogP) is 8.32. The van der Waals surface area contributed by atoms with Gasteiger partial charge in [0.05, 0.1) is 13.2 Å². The summed E-state index contributed by atoms with van der Waals surface area (Å²) in [5.74, 6) is 0.147. The summed E-state index contributed by atoms with van der Waals surface area (Å²) in [5, 5.41) is 0. The van der Waals surface area contributed by atoms with E-state index in [9.17, 15) is 4.79 Å². The van der Waals surface area contributed by atoms with Gasteiger partial charge in [-0.25, -0.2) is 0 Å². The first-order valence-corrected chi connectivity index (χ1v) is 14.5. The fourth-order valence-corrected chi connectivity index (χ4v) is 4.47. The van der Waals surface area contributed by atoms with Crippen LogP contribution in [-0.2, 0) is 14.3 Å². The quantitative estimate of drug-likeness (QED) is 0.120. The summed E-state index contributed by atoms with van der Waals surface area (Å²) in [4.78, 5) is 14.9. The first-order valence-electron chi connectivity index (χ1n) is 14.5. The molecule has 0 aromatic heterocycles. The number of hydrogen-bond donors (Lipinski definition) is 0. The van der Waals surface area contributed by atoms with Gasteiger partial charge in [0.15, 0.2) is 0 Å². The minimum atomic E-state index is 0.147. The van der Waals surface area contributed by atoms with E-state index in [4.69, 9.17) is 9.47 Å². The Bertz CT molecular complexity index is 402. The van der Waals surface area contributed by atoms with Gasteiger partial charge in [0.2, 0.25) is 5.91 Å². The van der Waals surface area contributed by atoms with Crippen molar-refractivity contribution in [2.24, 2.45) is 0 Å². The molecule has 0 saturated heterocycles. The summed E-state index contributed by atoms with van der Waals surface area (Å²) >= 11 is 0. The molecule has 0 radical (unpaired) electrons. The average molecular weight is 470 g/mol. The van der Waals surface area contributed by atoms with Gasteiger partial charge in [-0.2, -0.15) is 0 Å². The summed E-state index contributed by atoms with van der Waals surface area (Å²) in [6.45, 7) is 8.86. The molecule has 0 N–H and O–H groups in total. The summed E-state index contributed by atoms with van der Waals surface area (Å²) in [5.41, 5.74) is 0. The zero-order valence-corrected chi connectivity index (χ0v) is 23.0. The third-order valence-corrected chi connectivity index (χ3v) is 6.74. The molecule has 0 aliphatic carbocycles. The van der Waals surface area contributed by atoms with E-state index < -0.39 is 0 Å². The number of amides is 1. The van der Waals surface area contributed by atoms with Gasteiger partial charge in [-0.05, 0) is 19.8 Å². The van der Waals surface area contributed by atoms with Crippen LogP contribution in [0.5, 0.6) is 0 Å². The molecular weight excluding hydrogens is 410 g/mol. The minimum Gasteiger partial charge on any atom is -0.382 e. The van der Waals surface area contributed by atoms with Crippen LogP contribution in [0.3, 0.4) is 0 Å². The molecule has 1 atom stereocenters. The number of carbonyl (C=O) groups excluding carboxylic acids is 1. The lowest BCUT2D eigenvalue weighted by atomic mass is 10.0. The molecule has 0 bridgehead atoms. The molecule has 0 saturated carbocycles. The molecule has 4 heteroatoms. The predicted molar refractivity (Wildman–Crippen MR) is 143 cm³/mol. The van der Waals surface area contributed by atoms with E-state index in [1.165, 1.54) is 109 Å². The van der Waals surface area contributed by atoms with Gasteiger partial charge in [0.25, 0.3) is 0 Å². The number of nitrogens with zero attached hydrogens (tertiary/aromatic N) is 1. The SMILES string of the molecule is CCCCCCCCCCCCN(C(=O)COCCOC)C(C)CCCCCCCCCC. The van der Waals surface area contributed by atoms with Crippen LogP contribution in [0.4, 0.5) is 0 Å². The van der Waals surface area contributed by atoms with Crippen molar-refractivity contribution in [2.45, 2.75) is 149 Å². The molecule has 4 nitrogen and oxygen atoms in total. The van der Waals surface area contributed by atoms with Crippen LogP contribution in [0.2, 0.25) is 0 Å². The molecule has 0 spiro atoms. The van der Waals surface area contributed by atoms with Gasteiger partial charge in [0, 0.05) is 19.7 Å². The Morgan fingerprint density at radius 3 is 1.61 bits per heavy atom. The average Bonchev–Trinajstić information content (AvgIpc) is 2.81. The standard InChI is InChI=1S/C29H59NO3/c1-5-7-9-11-13-15-16-18-20-22-24-30(29(31)27-33-26-25-32-4)28(3)23-21-19-17-14-12-10-8-6-2/h28H,5-27H2,1-4H3. The van der Waals surface area contributed by atoms with Crippen molar-refractivity contribution in [1.29, 1.82) is 0 Å². The van der Waals surface area contributed by atoms with Crippen LogP contribution in [-0.4, -0.2) is 50.3 Å². The van der Waals surface area contributed by atoms with Crippen molar-refractivity contribution in [3.05, 3.63) is 0 Å². The second-order valence-electron chi connectivity index (χ2n) is 9.93. The Balaban J connectivity index is 4.14. The highest BCUT2D eigenvalue weighted by Crippen LogP contribution is 2.16. The number of rotatable bonds is 26. The zero-order valence-electron chi connectivity index (χ0n) is 23.0. The van der Waals surface area contributed by atoms with E-state index in [2.05, 4.69) is 25.7 Å². The van der Waals surface area contributed by atoms with Crippen LogP contribution >= 0.6 is 0 Å². The molecule has 0 fully saturated rings. The molecule has 198 valence electrons. The van der Waals surface area contributed by atoms with Gasteiger partial charge in [-0.3, -0.25) is 4.79 Å². The topological polar surface area (TPSA) is 38.8 Å². The van der Waals surface area contributed by atoms with E-state index in [0.717, 1.165) is 19.4 Å². The monoisotopic (exact) mass is 469 g/mol. The molecular formula is C29H59NO3. The van der Waals surface area contributed by atoms with Crippen molar-refractivity contribution in [3.8, 4) is 0 Å². The second-order valence-corrected chi connectivity index (χ2v) is 9.93. The summed E-state index contributed by atoms with van der Waals surface area (Å²) in [7, 11) is 1.66. The molecule has 0 aliphatic rings. The molecule has 0 aliphatic heterocycles. The molecule has 1 unspecified atom stereocenters. The van der Waals surface area contributed by atoms with Gasteiger partial charge in [-0.1, -0.05) is 123 Å². The third-order valence-electron chi connectivity index (χ3n) is 6.74. The van der Waals surface area contributed by atoms with Crippen molar-refractivity contribution < 1.29 is 14.3 Å². The van der Waals surface area contributed by atoms with Gasteiger partial charge in [0.1, 0.15) is 6.61 Å². The first kappa shape index (κ1) is 32.4. The first-order chi connectivity index (χ1) is 16.2. The van der Waals surface area contributed by atoms with Crippen molar-refractivity contribution in [2.75, 3.05) is 33.5 Å². The normalized spacial score (nSPS) is 12.2. The Morgan fingerprint density at radius 2 is 1.12 bits per heavy atom. The molecule has 33 heavy (non-hydrogen) atoms. The van der Waals surface area contributed by atoms with Crippen molar-refractivity contribution >= 4 is 5.91 Å². The molecule has 0 aromatic carbocycles. The zero-order chi connectivity index (χ0) is 24.4. The van der Waals surface area contributed by atoms with Crippen LogP contribution in [0.25, 0.3) is 0 Å². The number of carbonyl (C=O) groups is 1. The molecule has 0 heterocycles. The summed E-state index contributed by atoms with van der Waals surface area (Å²) in [6, 6.07) is 0.308. The number of ether oxygens (including phenoxy) is 2. The molecule has 0 rings (SSSR count). The maximum absolute atomic E-state index is 12.8. The van der Waals surface area contributed by atoms with E-state index in [1.807, 2.05) is 0 Å². The number of hydrogen-bond acceptors (Lipinski definition) is 3. The summed E-state index contributed by atoms with van der Waals surface area (Å²) < 4.78 is 10.6. The molecule has 0 aromatic rings. The third kappa shape index (κ3) is 21.6. The van der Waals surface area contributed by atoms with Crippen LogP contribution in [0, 0.1) is 0 Å². The maximum Gasteiger partial charge on any atom is 0.248 e. The number of unbranched alkanes of at least 4 members (excludes halogenated alkanes) is 16. The molecule has 1 amide bonds. The second kappa shape index (κ2) is 26.0. The highest BCUT2D eigenvalue weighted by Gasteiger charge is 2.19. The van der Waals surface area contributed by atoms with E-state index in [0.29, 0.717) is 19.3 Å². The van der Waals surface area contributed by atoms with Gasteiger partial charge in [-0.15, -0.1) is 0 Å². The lowest BCUT2D eigenvalue weighted by Crippen LogP contribution is -2.41. The largest absolute Gasteiger partial charge is 0.382 e. The summed E-state index contributed by atoms with van der Waals surface area (Å²) in [6.07, 6.45) is 25.0. The smallest absolute Gasteiger partial charge is 0.248 e. The maximum atomic E-state index is 12.8. The fraction of sp³-hybridized carbons (Fsp3) is 0.966. The minimum absolute atomic E-state index is 0.147. The van der Waals surface area contributed by atoms with Crippen LogP contribution < -0.4 is 0 Å². The van der Waals surface area contributed by atoms with E-state index >= 15 is 0 Å². The van der Waals surface area contributed by atoms with Crippen LogP contribution in [0.15, 0.2) is 0 Å². The Morgan fingerprint density at radius 1 is 0.667 bits per heavy atom. The lowest BCUT2D eigenvalue weighted by Gasteiger charge is -2.29. The number of methoxy groups -OCH3 is 1. The fourth-order valence-electron chi connectivity index (χ4n) is 4.47. The van der Waals surface area contributed by atoms with E-state index in [-0.39, 0.29) is 12.5 Å². The Hall–Kier alpha value is -0.610. The Kier molecular flexibility index (Phi) is 25.5. The Labute approximate surface area is 207 Å². The van der Waals surface area contributed by atoms with Crippen LogP contribution in [0.1, 0.15) is 143 Å².